The van der Waals surface area contributed by atoms with Crippen LogP contribution in [0, 0.1) is 0 Å². The van der Waals surface area contributed by atoms with Crippen LogP contribution in [-0.4, -0.2) is 47.7 Å². The summed E-state index contributed by atoms with van der Waals surface area (Å²) in [5.41, 5.74) is 0.460. The second-order valence-electron chi connectivity index (χ2n) is 6.65. The van der Waals surface area contributed by atoms with E-state index in [9.17, 15) is 14.4 Å². The van der Waals surface area contributed by atoms with Gasteiger partial charge in [-0.15, -0.1) is 0 Å². The molecule has 0 spiro atoms. The van der Waals surface area contributed by atoms with Gasteiger partial charge in [-0.2, -0.15) is 0 Å². The summed E-state index contributed by atoms with van der Waals surface area (Å²) in [6.45, 7) is 5.54. The normalized spacial score (nSPS) is 12.3. The van der Waals surface area contributed by atoms with Gasteiger partial charge in [0.25, 0.3) is 0 Å². The van der Waals surface area contributed by atoms with E-state index in [1.807, 2.05) is 51.1 Å². The highest BCUT2D eigenvalue weighted by Gasteiger charge is 2.21. The number of carboxylic acids is 1. The van der Waals surface area contributed by atoms with E-state index in [0.29, 0.717) is 0 Å². The van der Waals surface area contributed by atoms with E-state index < -0.39 is 17.9 Å². The maximum absolute atomic E-state index is 11.8. The maximum atomic E-state index is 11.8. The topological polar surface area (TPSA) is 105 Å². The van der Waals surface area contributed by atoms with Gasteiger partial charge in [0, 0.05) is 13.0 Å². The van der Waals surface area contributed by atoms with Crippen LogP contribution in [0.5, 0.6) is 0 Å². The molecule has 25 heavy (non-hydrogen) atoms. The van der Waals surface area contributed by atoms with E-state index in [1.54, 1.807) is 0 Å². The second-order valence-corrected chi connectivity index (χ2v) is 6.65. The van der Waals surface area contributed by atoms with Crippen LogP contribution in [0.15, 0.2) is 30.3 Å². The van der Waals surface area contributed by atoms with Gasteiger partial charge < -0.3 is 20.5 Å². The Balaban J connectivity index is 2.36. The van der Waals surface area contributed by atoms with Crippen molar-refractivity contribution in [3.8, 4) is 0 Å². The number of hydrogen-bond donors (Lipinski definition) is 3. The Morgan fingerprint density at radius 2 is 1.76 bits per heavy atom. The van der Waals surface area contributed by atoms with Crippen LogP contribution in [0.2, 0.25) is 0 Å². The SMILES string of the molecule is CC(C)(C)OCCC(NC(=O)CNC(=O)Cc1ccccc1)C(=O)O. The summed E-state index contributed by atoms with van der Waals surface area (Å²) < 4.78 is 5.47. The standard InChI is InChI=1S/C18H26N2O5/c1-18(2,3)25-10-9-14(17(23)24)20-16(22)12-19-15(21)11-13-7-5-4-6-8-13/h4-8,14H,9-12H2,1-3H3,(H,19,21)(H,20,22)(H,23,24). The molecular formula is C18H26N2O5. The Hall–Kier alpha value is -2.41. The van der Waals surface area contributed by atoms with Crippen molar-refractivity contribution >= 4 is 17.8 Å². The van der Waals surface area contributed by atoms with Crippen molar-refractivity contribution in [1.82, 2.24) is 10.6 Å². The number of aliphatic carboxylic acids is 1. The highest BCUT2D eigenvalue weighted by molar-refractivity contribution is 5.88. The Morgan fingerprint density at radius 1 is 1.12 bits per heavy atom. The molecule has 7 heteroatoms. The molecule has 0 saturated heterocycles. The number of nitrogens with one attached hydrogen (secondary N) is 2. The van der Waals surface area contributed by atoms with E-state index in [4.69, 9.17) is 9.84 Å². The van der Waals surface area contributed by atoms with Gasteiger partial charge in [-0.25, -0.2) is 4.79 Å². The molecule has 0 bridgehead atoms. The Morgan fingerprint density at radius 3 is 2.32 bits per heavy atom. The summed E-state index contributed by atoms with van der Waals surface area (Å²) in [5, 5.41) is 14.0. The zero-order valence-electron chi connectivity index (χ0n) is 14.9. The lowest BCUT2D eigenvalue weighted by Gasteiger charge is -2.21. The number of benzene rings is 1. The molecule has 1 aromatic carbocycles. The second kappa shape index (κ2) is 9.78. The first kappa shape index (κ1) is 20.6. The van der Waals surface area contributed by atoms with Gasteiger partial charge in [0.2, 0.25) is 11.8 Å². The Labute approximate surface area is 147 Å². The van der Waals surface area contributed by atoms with Crippen molar-refractivity contribution in [3.63, 3.8) is 0 Å². The summed E-state index contributed by atoms with van der Waals surface area (Å²) in [5.74, 6) is -1.99. The molecule has 0 aliphatic rings. The molecule has 1 unspecified atom stereocenters. The molecule has 1 atom stereocenters. The molecule has 7 nitrogen and oxygen atoms in total. The van der Waals surface area contributed by atoms with Crippen molar-refractivity contribution in [3.05, 3.63) is 35.9 Å². The average Bonchev–Trinajstić information content (AvgIpc) is 2.51. The molecule has 0 heterocycles. The minimum absolute atomic E-state index is 0.149. The van der Waals surface area contributed by atoms with Crippen LogP contribution in [0.4, 0.5) is 0 Å². The number of hydrogen-bond acceptors (Lipinski definition) is 4. The molecule has 0 saturated carbocycles. The Kier molecular flexibility index (Phi) is 8.07. The average molecular weight is 350 g/mol. The third-order valence-electron chi connectivity index (χ3n) is 3.23. The lowest BCUT2D eigenvalue weighted by atomic mass is 10.1. The molecular weight excluding hydrogens is 324 g/mol. The lowest BCUT2D eigenvalue weighted by Crippen LogP contribution is -2.46. The number of rotatable bonds is 9. The third kappa shape index (κ3) is 9.46. The van der Waals surface area contributed by atoms with Crippen LogP contribution in [0.3, 0.4) is 0 Å². The first-order valence-electron chi connectivity index (χ1n) is 8.14. The zero-order valence-corrected chi connectivity index (χ0v) is 14.9. The molecule has 2 amide bonds. The fourth-order valence-corrected chi connectivity index (χ4v) is 2.01. The zero-order chi connectivity index (χ0) is 18.9. The molecule has 0 aromatic heterocycles. The molecule has 138 valence electrons. The molecule has 1 rings (SSSR count). The molecule has 0 aliphatic heterocycles. The van der Waals surface area contributed by atoms with Gasteiger partial charge in [0.05, 0.1) is 18.6 Å². The highest BCUT2D eigenvalue weighted by atomic mass is 16.5. The van der Waals surface area contributed by atoms with Gasteiger partial charge in [-0.3, -0.25) is 9.59 Å². The minimum atomic E-state index is -1.14. The summed E-state index contributed by atoms with van der Waals surface area (Å²) in [7, 11) is 0. The van der Waals surface area contributed by atoms with Gasteiger partial charge in [-0.1, -0.05) is 30.3 Å². The Bertz CT molecular complexity index is 581. The number of ether oxygens (including phenoxy) is 1. The maximum Gasteiger partial charge on any atom is 0.326 e. The van der Waals surface area contributed by atoms with Crippen molar-refractivity contribution < 1.29 is 24.2 Å². The van der Waals surface area contributed by atoms with Crippen molar-refractivity contribution in [2.24, 2.45) is 0 Å². The monoisotopic (exact) mass is 350 g/mol. The van der Waals surface area contributed by atoms with Crippen molar-refractivity contribution in [2.45, 2.75) is 45.3 Å². The van der Waals surface area contributed by atoms with Crippen molar-refractivity contribution in [2.75, 3.05) is 13.2 Å². The molecule has 0 aliphatic carbocycles. The molecule has 0 radical (unpaired) electrons. The van der Waals surface area contributed by atoms with Crippen molar-refractivity contribution in [1.29, 1.82) is 0 Å². The quantitative estimate of drug-likeness (QED) is 0.619. The van der Waals surface area contributed by atoms with Crippen LogP contribution in [0.1, 0.15) is 32.8 Å². The first-order valence-corrected chi connectivity index (χ1v) is 8.14. The van der Waals surface area contributed by atoms with Gasteiger partial charge in [0.1, 0.15) is 6.04 Å². The van der Waals surface area contributed by atoms with E-state index in [0.717, 1.165) is 5.56 Å². The highest BCUT2D eigenvalue weighted by Crippen LogP contribution is 2.08. The summed E-state index contributed by atoms with van der Waals surface area (Å²) >= 11 is 0. The summed E-state index contributed by atoms with van der Waals surface area (Å²) in [4.78, 5) is 34.8. The lowest BCUT2D eigenvalue weighted by molar-refractivity contribution is -0.142. The minimum Gasteiger partial charge on any atom is -0.480 e. The predicted molar refractivity (Wildman–Crippen MR) is 93.0 cm³/mol. The van der Waals surface area contributed by atoms with Crippen LogP contribution in [-0.2, 0) is 25.5 Å². The van der Waals surface area contributed by atoms with Gasteiger partial charge >= 0.3 is 5.97 Å². The van der Waals surface area contributed by atoms with E-state index >= 15 is 0 Å². The fourth-order valence-electron chi connectivity index (χ4n) is 2.01. The fraction of sp³-hybridized carbons (Fsp3) is 0.500. The third-order valence-corrected chi connectivity index (χ3v) is 3.23. The van der Waals surface area contributed by atoms with Crippen LogP contribution in [0.25, 0.3) is 0 Å². The number of carbonyl (C=O) groups excluding carboxylic acids is 2. The molecule has 3 N–H and O–H groups in total. The van der Waals surface area contributed by atoms with Gasteiger partial charge in [0.15, 0.2) is 0 Å². The summed E-state index contributed by atoms with van der Waals surface area (Å²) in [6.07, 6.45) is 0.312. The van der Waals surface area contributed by atoms with E-state index in [1.165, 1.54) is 0 Å². The number of carbonyl (C=O) groups is 3. The molecule has 1 aromatic rings. The van der Waals surface area contributed by atoms with E-state index in [-0.39, 0.29) is 37.5 Å². The van der Waals surface area contributed by atoms with Gasteiger partial charge in [-0.05, 0) is 26.3 Å². The van der Waals surface area contributed by atoms with Crippen LogP contribution >= 0.6 is 0 Å². The molecule has 0 fully saturated rings. The first-order chi connectivity index (χ1) is 11.7. The smallest absolute Gasteiger partial charge is 0.326 e. The predicted octanol–water partition coefficient (Wildman–Crippen LogP) is 1.12. The van der Waals surface area contributed by atoms with Crippen LogP contribution < -0.4 is 10.6 Å². The number of amides is 2. The van der Waals surface area contributed by atoms with E-state index in [2.05, 4.69) is 10.6 Å². The number of carboxylic acid groups (broad SMARTS) is 1. The summed E-state index contributed by atoms with van der Waals surface area (Å²) in [6, 6.07) is 8.08. The largest absolute Gasteiger partial charge is 0.480 e.